The van der Waals surface area contributed by atoms with Gasteiger partial charge in [0.2, 0.25) is 0 Å². The molecule has 1 aliphatic heterocycles. The fourth-order valence-electron chi connectivity index (χ4n) is 3.23. The fraction of sp³-hybridized carbons (Fsp3) is 1.00. The van der Waals surface area contributed by atoms with Crippen molar-refractivity contribution in [1.29, 1.82) is 0 Å². The third-order valence-electron chi connectivity index (χ3n) is 4.30. The van der Waals surface area contributed by atoms with E-state index in [2.05, 4.69) is 44.8 Å². The summed E-state index contributed by atoms with van der Waals surface area (Å²) in [4.78, 5) is 2.55. The van der Waals surface area contributed by atoms with Crippen molar-refractivity contribution in [2.75, 3.05) is 26.2 Å². The number of nitrogens with zero attached hydrogens (tertiary/aromatic N) is 1. The molecule has 3 atom stereocenters. The van der Waals surface area contributed by atoms with Gasteiger partial charge in [-0.2, -0.15) is 0 Å². The molecule has 2 N–H and O–H groups in total. The Morgan fingerprint density at radius 3 is 2.40 bits per heavy atom. The summed E-state index contributed by atoms with van der Waals surface area (Å²) in [6.45, 7) is 15.7. The van der Waals surface area contributed by atoms with Gasteiger partial charge >= 0.3 is 0 Å². The maximum atomic E-state index is 10.2. The van der Waals surface area contributed by atoms with Gasteiger partial charge in [0.05, 0.1) is 6.10 Å². The van der Waals surface area contributed by atoms with E-state index in [0.29, 0.717) is 17.9 Å². The summed E-state index contributed by atoms with van der Waals surface area (Å²) in [6.07, 6.45) is 3.10. The molecule has 120 valence electrons. The molecule has 1 rings (SSSR count). The zero-order valence-corrected chi connectivity index (χ0v) is 14.2. The maximum Gasteiger partial charge on any atom is 0.0578 e. The van der Waals surface area contributed by atoms with Crippen molar-refractivity contribution in [3.8, 4) is 0 Å². The first-order valence-electron chi connectivity index (χ1n) is 8.56. The molecule has 1 heterocycles. The highest BCUT2D eigenvalue weighted by Gasteiger charge is 2.30. The van der Waals surface area contributed by atoms with Gasteiger partial charge in [0.1, 0.15) is 0 Å². The van der Waals surface area contributed by atoms with E-state index >= 15 is 0 Å². The molecular formula is C17H36N2O. The van der Waals surface area contributed by atoms with E-state index in [4.69, 9.17) is 0 Å². The van der Waals surface area contributed by atoms with Gasteiger partial charge in [-0.25, -0.2) is 0 Å². The normalized spacial score (nSPS) is 26.4. The van der Waals surface area contributed by atoms with Gasteiger partial charge < -0.3 is 15.3 Å². The monoisotopic (exact) mass is 284 g/mol. The first kappa shape index (κ1) is 17.9. The standard InChI is InChI=1S/C17H36N2O/c1-6-17(20)15-9-16(18-8-7-13(2)3)12-19(11-15)10-14(4)5/h13-18,20H,6-12H2,1-5H3. The van der Waals surface area contributed by atoms with Crippen molar-refractivity contribution in [3.63, 3.8) is 0 Å². The van der Waals surface area contributed by atoms with E-state index in [0.717, 1.165) is 44.9 Å². The number of likely N-dealkylation sites (tertiary alicyclic amines) is 1. The van der Waals surface area contributed by atoms with Crippen LogP contribution < -0.4 is 5.32 Å². The zero-order valence-electron chi connectivity index (χ0n) is 14.2. The van der Waals surface area contributed by atoms with Crippen molar-refractivity contribution in [2.45, 2.75) is 66.0 Å². The van der Waals surface area contributed by atoms with Crippen LogP contribution in [-0.2, 0) is 0 Å². The summed E-state index contributed by atoms with van der Waals surface area (Å²) in [7, 11) is 0. The summed E-state index contributed by atoms with van der Waals surface area (Å²) in [5, 5.41) is 13.9. The molecule has 0 radical (unpaired) electrons. The second-order valence-electron chi connectivity index (χ2n) is 7.42. The maximum absolute atomic E-state index is 10.2. The van der Waals surface area contributed by atoms with Crippen LogP contribution in [0.15, 0.2) is 0 Å². The van der Waals surface area contributed by atoms with E-state index in [1.807, 2.05) is 0 Å². The number of rotatable bonds is 8. The number of aliphatic hydroxyl groups is 1. The molecule has 1 aliphatic rings. The van der Waals surface area contributed by atoms with E-state index in [1.165, 1.54) is 6.42 Å². The Labute approximate surface area is 126 Å². The fourth-order valence-corrected chi connectivity index (χ4v) is 3.23. The van der Waals surface area contributed by atoms with Gasteiger partial charge in [-0.3, -0.25) is 0 Å². The molecular weight excluding hydrogens is 248 g/mol. The Morgan fingerprint density at radius 1 is 1.15 bits per heavy atom. The first-order chi connectivity index (χ1) is 9.42. The van der Waals surface area contributed by atoms with E-state index in [1.54, 1.807) is 0 Å². The van der Waals surface area contributed by atoms with Crippen LogP contribution in [0.2, 0.25) is 0 Å². The third-order valence-corrected chi connectivity index (χ3v) is 4.30. The third kappa shape index (κ3) is 6.55. The summed E-state index contributed by atoms with van der Waals surface area (Å²) < 4.78 is 0. The first-order valence-corrected chi connectivity index (χ1v) is 8.56. The van der Waals surface area contributed by atoms with Crippen LogP contribution in [0.4, 0.5) is 0 Å². The minimum atomic E-state index is -0.139. The van der Waals surface area contributed by atoms with Crippen LogP contribution in [0, 0.1) is 17.8 Å². The smallest absolute Gasteiger partial charge is 0.0578 e. The molecule has 0 aromatic carbocycles. The Bertz CT molecular complexity index is 255. The molecule has 0 aromatic heterocycles. The topological polar surface area (TPSA) is 35.5 Å². The molecule has 3 unspecified atom stereocenters. The summed E-state index contributed by atoms with van der Waals surface area (Å²) in [6, 6.07) is 0.549. The molecule has 0 bridgehead atoms. The minimum Gasteiger partial charge on any atom is -0.393 e. The van der Waals surface area contributed by atoms with Crippen molar-refractivity contribution < 1.29 is 5.11 Å². The van der Waals surface area contributed by atoms with Gasteiger partial charge in [0, 0.05) is 25.7 Å². The van der Waals surface area contributed by atoms with Gasteiger partial charge in [0.25, 0.3) is 0 Å². The molecule has 0 saturated carbocycles. The van der Waals surface area contributed by atoms with Crippen LogP contribution >= 0.6 is 0 Å². The number of aliphatic hydroxyl groups excluding tert-OH is 1. The lowest BCUT2D eigenvalue weighted by Crippen LogP contribution is -2.52. The molecule has 0 aliphatic carbocycles. The largest absolute Gasteiger partial charge is 0.393 e. The van der Waals surface area contributed by atoms with Gasteiger partial charge in [0.15, 0.2) is 0 Å². The van der Waals surface area contributed by atoms with E-state index in [9.17, 15) is 5.11 Å². The van der Waals surface area contributed by atoms with Crippen LogP contribution in [0.1, 0.15) is 53.9 Å². The summed E-state index contributed by atoms with van der Waals surface area (Å²) in [5.74, 6) is 1.89. The van der Waals surface area contributed by atoms with Gasteiger partial charge in [-0.15, -0.1) is 0 Å². The SMILES string of the molecule is CCC(O)C1CC(NCCC(C)C)CN(CC(C)C)C1. The Morgan fingerprint density at radius 2 is 1.85 bits per heavy atom. The Hall–Kier alpha value is -0.120. The van der Waals surface area contributed by atoms with Crippen LogP contribution in [-0.4, -0.2) is 48.3 Å². The number of nitrogens with one attached hydrogen (secondary N) is 1. The summed E-state index contributed by atoms with van der Waals surface area (Å²) in [5.41, 5.74) is 0. The molecule has 0 spiro atoms. The minimum absolute atomic E-state index is 0.139. The quantitative estimate of drug-likeness (QED) is 0.719. The molecule has 1 saturated heterocycles. The van der Waals surface area contributed by atoms with Crippen molar-refractivity contribution in [3.05, 3.63) is 0 Å². The second kappa shape index (κ2) is 9.01. The molecule has 20 heavy (non-hydrogen) atoms. The zero-order chi connectivity index (χ0) is 15.1. The average Bonchev–Trinajstić information content (AvgIpc) is 2.36. The van der Waals surface area contributed by atoms with Crippen LogP contribution in [0.5, 0.6) is 0 Å². The Balaban J connectivity index is 2.50. The van der Waals surface area contributed by atoms with Crippen LogP contribution in [0.3, 0.4) is 0 Å². The molecule has 3 heteroatoms. The van der Waals surface area contributed by atoms with E-state index < -0.39 is 0 Å². The lowest BCUT2D eigenvalue weighted by atomic mass is 9.88. The lowest BCUT2D eigenvalue weighted by Gasteiger charge is -2.40. The van der Waals surface area contributed by atoms with E-state index in [-0.39, 0.29) is 6.10 Å². The van der Waals surface area contributed by atoms with Crippen LogP contribution in [0.25, 0.3) is 0 Å². The average molecular weight is 284 g/mol. The molecule has 1 fully saturated rings. The van der Waals surface area contributed by atoms with Crippen molar-refractivity contribution >= 4 is 0 Å². The second-order valence-corrected chi connectivity index (χ2v) is 7.42. The molecule has 0 aromatic rings. The highest BCUT2D eigenvalue weighted by atomic mass is 16.3. The molecule has 3 nitrogen and oxygen atoms in total. The number of hydrogen-bond donors (Lipinski definition) is 2. The molecule has 0 amide bonds. The Kier molecular flexibility index (Phi) is 8.08. The predicted molar refractivity (Wildman–Crippen MR) is 86.9 cm³/mol. The van der Waals surface area contributed by atoms with Gasteiger partial charge in [-0.05, 0) is 43.6 Å². The lowest BCUT2D eigenvalue weighted by molar-refractivity contribution is 0.0316. The number of piperidine rings is 1. The predicted octanol–water partition coefficient (Wildman–Crippen LogP) is 2.74. The highest BCUT2D eigenvalue weighted by Crippen LogP contribution is 2.22. The highest BCUT2D eigenvalue weighted by molar-refractivity contribution is 4.86. The van der Waals surface area contributed by atoms with Crippen molar-refractivity contribution in [2.24, 2.45) is 17.8 Å². The number of hydrogen-bond acceptors (Lipinski definition) is 3. The summed E-state index contributed by atoms with van der Waals surface area (Å²) >= 11 is 0. The van der Waals surface area contributed by atoms with Crippen molar-refractivity contribution in [1.82, 2.24) is 10.2 Å². The van der Waals surface area contributed by atoms with Gasteiger partial charge in [-0.1, -0.05) is 34.6 Å².